The van der Waals surface area contributed by atoms with E-state index in [1.807, 2.05) is 103 Å². The maximum atomic E-state index is 14.3. The van der Waals surface area contributed by atoms with Gasteiger partial charge in [0.1, 0.15) is 0 Å². The van der Waals surface area contributed by atoms with Crippen molar-refractivity contribution in [2.24, 2.45) is 4.99 Å². The molecule has 8 heteroatoms. The minimum absolute atomic E-state index is 0.203. The van der Waals surface area contributed by atoms with Gasteiger partial charge in [0.05, 0.1) is 28.5 Å². The Morgan fingerprint density at radius 1 is 0.933 bits per heavy atom. The second-order valence-electron chi connectivity index (χ2n) is 10.7. The van der Waals surface area contributed by atoms with E-state index in [4.69, 9.17) is 21.3 Å². The molecule has 0 amide bonds. The van der Waals surface area contributed by atoms with Crippen molar-refractivity contribution in [3.05, 3.63) is 168 Å². The fourth-order valence-electron chi connectivity index (χ4n) is 5.86. The molecule has 0 unspecified atom stereocenters. The summed E-state index contributed by atoms with van der Waals surface area (Å²) >= 11 is 7.82. The first-order chi connectivity index (χ1) is 22.0. The summed E-state index contributed by atoms with van der Waals surface area (Å²) < 4.78 is 9.87. The van der Waals surface area contributed by atoms with Crippen LogP contribution in [0.2, 0.25) is 5.02 Å². The molecule has 45 heavy (non-hydrogen) atoms. The number of hydrogen-bond acceptors (Lipinski definition) is 5. The number of halogens is 1. The lowest BCUT2D eigenvalue weighted by Crippen LogP contribution is -2.39. The normalized spacial score (nSPS) is 14.8. The molecular formula is C37H28ClN3O3S. The molecule has 0 N–H and O–H groups in total. The van der Waals surface area contributed by atoms with Gasteiger partial charge in [0.2, 0.25) is 0 Å². The highest BCUT2D eigenvalue weighted by Crippen LogP contribution is 2.35. The number of hydrogen-bond donors (Lipinski definition) is 0. The predicted molar refractivity (Wildman–Crippen MR) is 180 cm³/mol. The maximum Gasteiger partial charge on any atom is 0.338 e. The molecule has 6 nitrogen and oxygen atoms in total. The van der Waals surface area contributed by atoms with E-state index in [0.717, 1.165) is 33.2 Å². The van der Waals surface area contributed by atoms with Gasteiger partial charge in [-0.3, -0.25) is 9.36 Å². The Labute approximate surface area is 268 Å². The molecule has 0 spiro atoms. The lowest BCUT2D eigenvalue weighted by molar-refractivity contribution is -0.138. The lowest BCUT2D eigenvalue weighted by Gasteiger charge is -2.25. The summed E-state index contributed by atoms with van der Waals surface area (Å²) in [7, 11) is 0. The molecular weight excluding hydrogens is 602 g/mol. The van der Waals surface area contributed by atoms with Crippen LogP contribution in [0.4, 0.5) is 0 Å². The number of thiazole rings is 1. The Hall–Kier alpha value is -4.98. The fraction of sp³-hybridized carbons (Fsp3) is 0.108. The Balaban J connectivity index is 1.45. The van der Waals surface area contributed by atoms with E-state index >= 15 is 0 Å². The molecule has 7 rings (SSSR count). The summed E-state index contributed by atoms with van der Waals surface area (Å²) in [6.45, 7) is 2.57. The van der Waals surface area contributed by atoms with Crippen LogP contribution in [-0.4, -0.2) is 21.7 Å². The SMILES string of the molecule is CCOC(=O)C1=C(c2ccccc2)N=c2s/c(=C\c3cn(Cc4ccccc4Cl)c4ccccc34)c(=O)n2[C@H]1c1ccccc1. The predicted octanol–water partition coefficient (Wildman–Crippen LogP) is 6.59. The summed E-state index contributed by atoms with van der Waals surface area (Å²) in [4.78, 5) is 33.4. The van der Waals surface area contributed by atoms with Crippen molar-refractivity contribution in [2.45, 2.75) is 19.5 Å². The third kappa shape index (κ3) is 5.35. The minimum Gasteiger partial charge on any atom is -0.463 e. The molecule has 0 saturated heterocycles. The first kappa shape index (κ1) is 28.8. The summed E-state index contributed by atoms with van der Waals surface area (Å²) in [6, 6.07) is 34.4. The molecule has 2 aromatic heterocycles. The standard InChI is InChI=1S/C37H28ClN3O3S/c1-2-44-36(43)32-33(24-13-5-3-6-14-24)39-37-41(34(32)25-15-7-4-8-16-25)35(42)31(45-37)21-27-23-40(30-20-12-10-18-28(27)30)22-26-17-9-11-19-29(26)38/h3-21,23,34H,2,22H2,1H3/b31-21-/t34-/m0/s1. The minimum atomic E-state index is -0.708. The average molecular weight is 630 g/mol. The molecule has 0 fully saturated rings. The van der Waals surface area contributed by atoms with Crippen LogP contribution in [0.15, 0.2) is 131 Å². The zero-order chi connectivity index (χ0) is 30.9. The van der Waals surface area contributed by atoms with E-state index in [1.54, 1.807) is 11.5 Å². The number of benzene rings is 4. The molecule has 0 radical (unpaired) electrons. The van der Waals surface area contributed by atoms with E-state index in [1.165, 1.54) is 11.3 Å². The van der Waals surface area contributed by atoms with E-state index in [-0.39, 0.29) is 12.2 Å². The number of carbonyl (C=O) groups is 1. The number of para-hydroxylation sites is 1. The van der Waals surface area contributed by atoms with Crippen LogP contribution in [-0.2, 0) is 16.1 Å². The van der Waals surface area contributed by atoms with Crippen LogP contribution < -0.4 is 14.9 Å². The van der Waals surface area contributed by atoms with Gasteiger partial charge in [-0.05, 0) is 36.3 Å². The Kier molecular flexibility index (Phi) is 7.79. The van der Waals surface area contributed by atoms with Crippen LogP contribution in [0.5, 0.6) is 0 Å². The number of fused-ring (bicyclic) bond motifs is 2. The highest BCUT2D eigenvalue weighted by atomic mass is 35.5. The monoisotopic (exact) mass is 629 g/mol. The van der Waals surface area contributed by atoms with Crippen LogP contribution in [0.3, 0.4) is 0 Å². The Morgan fingerprint density at radius 3 is 2.38 bits per heavy atom. The second kappa shape index (κ2) is 12.2. The molecule has 6 aromatic rings. The van der Waals surface area contributed by atoms with Gasteiger partial charge in [0.25, 0.3) is 5.56 Å². The molecule has 0 saturated carbocycles. The summed E-state index contributed by atoms with van der Waals surface area (Å²) in [5.74, 6) is -0.495. The van der Waals surface area contributed by atoms with Crippen molar-refractivity contribution in [3.8, 4) is 0 Å². The molecule has 222 valence electrons. The van der Waals surface area contributed by atoms with Crippen molar-refractivity contribution in [3.63, 3.8) is 0 Å². The second-order valence-corrected chi connectivity index (χ2v) is 12.1. The van der Waals surface area contributed by atoms with Crippen LogP contribution in [0.25, 0.3) is 22.7 Å². The third-order valence-electron chi connectivity index (χ3n) is 7.89. The number of aromatic nitrogens is 2. The number of ether oxygens (including phenoxy) is 1. The molecule has 1 aliphatic rings. The van der Waals surface area contributed by atoms with Gasteiger partial charge in [0, 0.05) is 39.8 Å². The van der Waals surface area contributed by atoms with Crippen molar-refractivity contribution in [1.82, 2.24) is 9.13 Å². The quantitative estimate of drug-likeness (QED) is 0.187. The summed E-state index contributed by atoms with van der Waals surface area (Å²) in [5, 5.41) is 1.73. The highest BCUT2D eigenvalue weighted by Gasteiger charge is 2.35. The van der Waals surface area contributed by atoms with Crippen molar-refractivity contribution in [2.75, 3.05) is 6.61 Å². The van der Waals surface area contributed by atoms with E-state index < -0.39 is 12.0 Å². The van der Waals surface area contributed by atoms with E-state index in [9.17, 15) is 9.59 Å². The van der Waals surface area contributed by atoms with Gasteiger partial charge in [-0.25, -0.2) is 9.79 Å². The van der Waals surface area contributed by atoms with Gasteiger partial charge in [-0.1, -0.05) is 120 Å². The molecule has 3 heterocycles. The number of rotatable bonds is 7. The van der Waals surface area contributed by atoms with Gasteiger partial charge in [-0.15, -0.1) is 0 Å². The number of nitrogens with zero attached hydrogens (tertiary/aromatic N) is 3. The Morgan fingerprint density at radius 2 is 1.62 bits per heavy atom. The van der Waals surface area contributed by atoms with Crippen LogP contribution >= 0.6 is 22.9 Å². The van der Waals surface area contributed by atoms with Gasteiger partial charge in [0.15, 0.2) is 4.80 Å². The zero-order valence-corrected chi connectivity index (χ0v) is 26.0. The fourth-order valence-corrected chi connectivity index (χ4v) is 7.05. The van der Waals surface area contributed by atoms with Crippen molar-refractivity contribution < 1.29 is 9.53 Å². The third-order valence-corrected chi connectivity index (χ3v) is 9.25. The largest absolute Gasteiger partial charge is 0.463 e. The van der Waals surface area contributed by atoms with Gasteiger partial charge >= 0.3 is 5.97 Å². The number of esters is 1. The van der Waals surface area contributed by atoms with Gasteiger partial charge in [-0.2, -0.15) is 0 Å². The maximum absolute atomic E-state index is 14.3. The zero-order valence-electron chi connectivity index (χ0n) is 24.4. The van der Waals surface area contributed by atoms with Crippen molar-refractivity contribution >= 4 is 51.6 Å². The van der Waals surface area contributed by atoms with Gasteiger partial charge < -0.3 is 9.30 Å². The highest BCUT2D eigenvalue weighted by molar-refractivity contribution is 7.07. The van der Waals surface area contributed by atoms with E-state index in [0.29, 0.717) is 32.2 Å². The summed E-state index contributed by atoms with van der Waals surface area (Å²) in [5.41, 5.74) is 5.16. The average Bonchev–Trinajstić information content (AvgIpc) is 3.58. The molecule has 0 aliphatic carbocycles. The first-order valence-electron chi connectivity index (χ1n) is 14.7. The van der Waals surface area contributed by atoms with E-state index in [2.05, 4.69) is 22.9 Å². The smallest absolute Gasteiger partial charge is 0.338 e. The first-order valence-corrected chi connectivity index (χ1v) is 15.9. The topological polar surface area (TPSA) is 65.6 Å². The molecule has 1 aliphatic heterocycles. The number of carbonyl (C=O) groups excluding carboxylic acids is 1. The van der Waals surface area contributed by atoms with Crippen LogP contribution in [0.1, 0.15) is 35.2 Å². The molecule has 1 atom stereocenters. The molecule has 4 aromatic carbocycles. The Bertz CT molecular complexity index is 2270. The summed E-state index contributed by atoms with van der Waals surface area (Å²) in [6.07, 6.45) is 3.98. The lowest BCUT2D eigenvalue weighted by atomic mass is 9.93. The molecule has 0 bridgehead atoms. The van der Waals surface area contributed by atoms with Crippen LogP contribution in [0, 0.1) is 0 Å². The van der Waals surface area contributed by atoms with Crippen molar-refractivity contribution in [1.29, 1.82) is 0 Å².